The highest BCUT2D eigenvalue weighted by atomic mass is 15.1. The van der Waals surface area contributed by atoms with Crippen molar-refractivity contribution in [2.45, 2.75) is 64.1 Å². The number of fused-ring (bicyclic) bond motifs is 1. The lowest BCUT2D eigenvalue weighted by atomic mass is 9.86. The molecule has 3 heteroatoms. The van der Waals surface area contributed by atoms with Crippen molar-refractivity contribution in [3.05, 3.63) is 23.3 Å². The molecule has 0 bridgehead atoms. The normalized spacial score (nSPS) is 38.2. The third-order valence-electron chi connectivity index (χ3n) is 6.59. The average Bonchev–Trinajstić information content (AvgIpc) is 3.23. The smallest absolute Gasteiger partial charge is 0.0795 e. The molecule has 5 atom stereocenters. The van der Waals surface area contributed by atoms with Crippen LogP contribution in [0, 0.1) is 17.8 Å². The lowest BCUT2D eigenvalue weighted by Crippen LogP contribution is -2.45. The van der Waals surface area contributed by atoms with Crippen molar-refractivity contribution in [1.29, 1.82) is 0 Å². The van der Waals surface area contributed by atoms with E-state index >= 15 is 0 Å². The van der Waals surface area contributed by atoms with E-state index < -0.39 is 0 Å². The van der Waals surface area contributed by atoms with Gasteiger partial charge in [-0.2, -0.15) is 0 Å². The van der Waals surface area contributed by atoms with Crippen molar-refractivity contribution in [1.82, 2.24) is 16.0 Å². The fourth-order valence-electron chi connectivity index (χ4n) is 5.24. The topological polar surface area (TPSA) is 36.1 Å². The molecule has 3 aliphatic carbocycles. The summed E-state index contributed by atoms with van der Waals surface area (Å²) < 4.78 is 0. The van der Waals surface area contributed by atoms with Crippen LogP contribution in [0.1, 0.15) is 52.4 Å². The highest BCUT2D eigenvalue weighted by molar-refractivity contribution is 5.36. The summed E-state index contributed by atoms with van der Waals surface area (Å²) in [5.41, 5.74) is 3.41. The Morgan fingerprint density at radius 1 is 1.22 bits per heavy atom. The molecule has 3 N–H and O–H groups in total. The summed E-state index contributed by atoms with van der Waals surface area (Å²) in [7, 11) is 4.21. The molecule has 1 saturated carbocycles. The SMILES string of the molecule is CN[C@@H](NCC1=CCCCCC1)C1=C[C@@]2(NC)[C@H]([C@@H](C)C1)[C@@H]2C. The first-order chi connectivity index (χ1) is 11.1. The van der Waals surface area contributed by atoms with Gasteiger partial charge in [-0.15, -0.1) is 0 Å². The van der Waals surface area contributed by atoms with Crippen LogP contribution in [0.25, 0.3) is 0 Å². The molecular weight excluding hydrogens is 282 g/mol. The second kappa shape index (κ2) is 7.08. The zero-order valence-electron chi connectivity index (χ0n) is 15.4. The largest absolute Gasteiger partial charge is 0.310 e. The van der Waals surface area contributed by atoms with Gasteiger partial charge in [-0.1, -0.05) is 38.0 Å². The van der Waals surface area contributed by atoms with Gasteiger partial charge >= 0.3 is 0 Å². The Morgan fingerprint density at radius 3 is 2.78 bits per heavy atom. The number of hydrogen-bond donors (Lipinski definition) is 3. The quantitative estimate of drug-likeness (QED) is 0.520. The number of hydrogen-bond acceptors (Lipinski definition) is 3. The maximum atomic E-state index is 3.78. The summed E-state index contributed by atoms with van der Waals surface area (Å²) in [6.45, 7) is 5.85. The second-order valence-corrected chi connectivity index (χ2v) is 7.96. The average molecular weight is 318 g/mol. The number of nitrogens with one attached hydrogen (secondary N) is 3. The predicted molar refractivity (Wildman–Crippen MR) is 98.3 cm³/mol. The minimum atomic E-state index is 0.255. The molecular formula is C20H35N3. The fraction of sp³-hybridized carbons (Fsp3) is 0.800. The van der Waals surface area contributed by atoms with E-state index in [1.54, 1.807) is 11.1 Å². The van der Waals surface area contributed by atoms with E-state index in [-0.39, 0.29) is 5.54 Å². The molecule has 0 spiro atoms. The van der Waals surface area contributed by atoms with Crippen LogP contribution in [0.2, 0.25) is 0 Å². The lowest BCUT2D eigenvalue weighted by Gasteiger charge is -2.31. The van der Waals surface area contributed by atoms with E-state index in [4.69, 9.17) is 0 Å². The molecule has 3 nitrogen and oxygen atoms in total. The van der Waals surface area contributed by atoms with Gasteiger partial charge in [0.05, 0.1) is 6.17 Å². The van der Waals surface area contributed by atoms with E-state index in [9.17, 15) is 0 Å². The highest BCUT2D eigenvalue weighted by Crippen LogP contribution is 2.59. The van der Waals surface area contributed by atoms with Gasteiger partial charge in [0.15, 0.2) is 0 Å². The summed E-state index contributed by atoms with van der Waals surface area (Å²) in [5, 5.41) is 10.9. The van der Waals surface area contributed by atoms with Crippen LogP contribution in [0.15, 0.2) is 23.3 Å². The van der Waals surface area contributed by atoms with Gasteiger partial charge in [-0.05, 0) is 69.5 Å². The Bertz CT molecular complexity index is 481. The monoisotopic (exact) mass is 317 g/mol. The van der Waals surface area contributed by atoms with E-state index in [1.807, 2.05) is 0 Å². The third kappa shape index (κ3) is 3.29. The first kappa shape index (κ1) is 17.2. The summed E-state index contributed by atoms with van der Waals surface area (Å²) in [6.07, 6.45) is 13.2. The molecule has 0 aromatic heterocycles. The van der Waals surface area contributed by atoms with Crippen molar-refractivity contribution in [2.24, 2.45) is 17.8 Å². The second-order valence-electron chi connectivity index (χ2n) is 7.96. The highest BCUT2D eigenvalue weighted by Gasteiger charge is 2.63. The zero-order chi connectivity index (χ0) is 16.4. The molecule has 1 fully saturated rings. The molecule has 0 heterocycles. The van der Waals surface area contributed by atoms with Crippen LogP contribution < -0.4 is 16.0 Å². The summed E-state index contributed by atoms with van der Waals surface area (Å²) in [4.78, 5) is 0. The van der Waals surface area contributed by atoms with Crippen LogP contribution in [-0.4, -0.2) is 32.3 Å². The van der Waals surface area contributed by atoms with Crippen molar-refractivity contribution in [3.8, 4) is 0 Å². The number of rotatable bonds is 6. The number of likely N-dealkylation sites (N-methyl/N-ethyl adjacent to an activating group) is 2. The molecule has 130 valence electrons. The van der Waals surface area contributed by atoms with Crippen molar-refractivity contribution in [2.75, 3.05) is 20.6 Å². The van der Waals surface area contributed by atoms with Crippen LogP contribution in [-0.2, 0) is 0 Å². The van der Waals surface area contributed by atoms with Crippen molar-refractivity contribution < 1.29 is 0 Å². The first-order valence-corrected chi connectivity index (χ1v) is 9.61. The van der Waals surface area contributed by atoms with E-state index in [0.717, 1.165) is 24.3 Å². The Balaban J connectivity index is 1.66. The molecule has 0 unspecified atom stereocenters. The minimum Gasteiger partial charge on any atom is -0.310 e. The van der Waals surface area contributed by atoms with E-state index in [0.29, 0.717) is 6.17 Å². The molecule has 0 saturated heterocycles. The summed E-state index contributed by atoms with van der Waals surface area (Å²) >= 11 is 0. The summed E-state index contributed by atoms with van der Waals surface area (Å²) in [5.74, 6) is 2.35. The Hall–Kier alpha value is -0.640. The van der Waals surface area contributed by atoms with Gasteiger partial charge in [-0.25, -0.2) is 0 Å². The molecule has 0 aliphatic heterocycles. The standard InChI is InChI=1S/C20H35N3/c1-14-11-17(12-20(22-4)15(2)18(14)20)19(21-3)23-13-16-9-7-5-6-8-10-16/h9,12,14-15,18-19,21-23H,5-8,10-11,13H2,1-4H3/t14-,15-,18+,19-,20-/m0/s1. The van der Waals surface area contributed by atoms with Crippen molar-refractivity contribution in [3.63, 3.8) is 0 Å². The first-order valence-electron chi connectivity index (χ1n) is 9.61. The molecule has 23 heavy (non-hydrogen) atoms. The molecule has 0 amide bonds. The van der Waals surface area contributed by atoms with E-state index in [1.165, 1.54) is 38.5 Å². The third-order valence-corrected chi connectivity index (χ3v) is 6.59. The van der Waals surface area contributed by atoms with Gasteiger partial charge in [0.25, 0.3) is 0 Å². The maximum absolute atomic E-state index is 3.78. The predicted octanol–water partition coefficient (Wildman–Crippen LogP) is 3.20. The van der Waals surface area contributed by atoms with Crippen LogP contribution in [0.5, 0.6) is 0 Å². The zero-order valence-corrected chi connectivity index (χ0v) is 15.4. The Kier molecular flexibility index (Phi) is 5.29. The fourth-order valence-corrected chi connectivity index (χ4v) is 5.24. The van der Waals surface area contributed by atoms with Crippen LogP contribution in [0.3, 0.4) is 0 Å². The van der Waals surface area contributed by atoms with Crippen LogP contribution in [0.4, 0.5) is 0 Å². The molecule has 0 aromatic rings. The van der Waals surface area contributed by atoms with Crippen LogP contribution >= 0.6 is 0 Å². The minimum absolute atomic E-state index is 0.255. The molecule has 0 radical (unpaired) electrons. The molecule has 3 aliphatic rings. The van der Waals surface area contributed by atoms with Crippen molar-refractivity contribution >= 4 is 0 Å². The summed E-state index contributed by atoms with van der Waals surface area (Å²) in [6, 6.07) is 0. The van der Waals surface area contributed by atoms with Gasteiger partial charge in [-0.3, -0.25) is 5.32 Å². The van der Waals surface area contributed by atoms with E-state index in [2.05, 4.69) is 56.0 Å². The molecule has 0 aromatic carbocycles. The van der Waals surface area contributed by atoms with Gasteiger partial charge in [0, 0.05) is 12.1 Å². The lowest BCUT2D eigenvalue weighted by molar-refractivity contribution is 0.386. The van der Waals surface area contributed by atoms with Gasteiger partial charge in [0.2, 0.25) is 0 Å². The Morgan fingerprint density at radius 2 is 2.04 bits per heavy atom. The molecule has 3 rings (SSSR count). The number of allylic oxidation sites excluding steroid dienone is 1. The maximum Gasteiger partial charge on any atom is 0.0795 e. The van der Waals surface area contributed by atoms with Gasteiger partial charge in [0.1, 0.15) is 0 Å². The Labute approximate surface area is 142 Å². The van der Waals surface area contributed by atoms with Gasteiger partial charge < -0.3 is 10.6 Å².